The Balaban J connectivity index is 1.70. The molecule has 3 heteroatoms. The molecule has 1 N–H and O–H groups in total. The van der Waals surface area contributed by atoms with Crippen LogP contribution in [0.15, 0.2) is 24.3 Å². The van der Waals surface area contributed by atoms with Gasteiger partial charge >= 0.3 is 0 Å². The van der Waals surface area contributed by atoms with Gasteiger partial charge < -0.3 is 5.32 Å². The smallest absolute Gasteiger partial charge is 0.123 e. The number of hydrogen-bond donors (Lipinski definition) is 1. The molecule has 0 heterocycles. The van der Waals surface area contributed by atoms with Crippen molar-refractivity contribution in [2.24, 2.45) is 0 Å². The highest BCUT2D eigenvalue weighted by Gasteiger charge is 2.27. The Kier molecular flexibility index (Phi) is 5.00. The molecule has 0 spiro atoms. The van der Waals surface area contributed by atoms with Gasteiger partial charge in [0.1, 0.15) is 5.82 Å². The third-order valence-corrected chi connectivity index (χ3v) is 3.43. The Morgan fingerprint density at radius 3 is 2.56 bits per heavy atom. The second-order valence-electron chi connectivity index (χ2n) is 5.05. The Hall–Kier alpha value is -1.09. The van der Waals surface area contributed by atoms with E-state index in [9.17, 15) is 4.39 Å². The van der Waals surface area contributed by atoms with Crippen molar-refractivity contribution in [3.05, 3.63) is 30.1 Å². The van der Waals surface area contributed by atoms with Crippen molar-refractivity contribution in [1.29, 1.82) is 0 Å². The maximum atomic E-state index is 12.8. The monoisotopic (exact) mass is 250 g/mol. The average Bonchev–Trinajstić information content (AvgIpc) is 3.20. The molecule has 1 aliphatic rings. The van der Waals surface area contributed by atoms with E-state index in [1.165, 1.54) is 44.4 Å². The van der Waals surface area contributed by atoms with Gasteiger partial charge in [-0.15, -0.1) is 0 Å². The van der Waals surface area contributed by atoms with Crippen molar-refractivity contribution in [1.82, 2.24) is 4.90 Å². The summed E-state index contributed by atoms with van der Waals surface area (Å²) in [5.74, 6) is -0.178. The molecule has 0 atom stereocenters. The van der Waals surface area contributed by atoms with Gasteiger partial charge in [0.15, 0.2) is 0 Å². The van der Waals surface area contributed by atoms with Gasteiger partial charge in [0, 0.05) is 24.8 Å². The minimum Gasteiger partial charge on any atom is -0.384 e. The fraction of sp³-hybridized carbons (Fsp3) is 0.600. The highest BCUT2D eigenvalue weighted by molar-refractivity contribution is 5.42. The number of nitrogens with one attached hydrogen (secondary N) is 1. The third-order valence-electron chi connectivity index (χ3n) is 3.43. The first-order valence-corrected chi connectivity index (χ1v) is 7.03. The first-order chi connectivity index (χ1) is 8.79. The van der Waals surface area contributed by atoms with Crippen LogP contribution in [0.3, 0.4) is 0 Å². The van der Waals surface area contributed by atoms with Gasteiger partial charge in [-0.3, -0.25) is 4.90 Å². The summed E-state index contributed by atoms with van der Waals surface area (Å²) in [5.41, 5.74) is 1.00. The van der Waals surface area contributed by atoms with Crippen LogP contribution in [0, 0.1) is 5.82 Å². The summed E-state index contributed by atoms with van der Waals surface area (Å²) in [4.78, 5) is 2.58. The van der Waals surface area contributed by atoms with Crippen LogP contribution in [0.25, 0.3) is 0 Å². The van der Waals surface area contributed by atoms with Gasteiger partial charge in [-0.05, 0) is 50.1 Å². The van der Waals surface area contributed by atoms with Crippen molar-refractivity contribution in [2.75, 3.05) is 25.0 Å². The van der Waals surface area contributed by atoms with E-state index in [-0.39, 0.29) is 5.82 Å². The molecular formula is C15H23FN2. The zero-order valence-corrected chi connectivity index (χ0v) is 11.2. The third kappa shape index (κ3) is 4.30. The Morgan fingerprint density at radius 2 is 1.94 bits per heavy atom. The van der Waals surface area contributed by atoms with Crippen molar-refractivity contribution in [2.45, 2.75) is 38.6 Å². The van der Waals surface area contributed by atoms with Crippen LogP contribution in [-0.4, -0.2) is 30.6 Å². The molecule has 0 radical (unpaired) electrons. The van der Waals surface area contributed by atoms with Crippen LogP contribution in [0.2, 0.25) is 0 Å². The molecule has 18 heavy (non-hydrogen) atoms. The van der Waals surface area contributed by atoms with E-state index in [0.29, 0.717) is 0 Å². The van der Waals surface area contributed by atoms with E-state index in [1.54, 1.807) is 12.1 Å². The van der Waals surface area contributed by atoms with Crippen molar-refractivity contribution in [3.8, 4) is 0 Å². The summed E-state index contributed by atoms with van der Waals surface area (Å²) < 4.78 is 12.8. The molecule has 2 nitrogen and oxygen atoms in total. The van der Waals surface area contributed by atoms with Gasteiger partial charge in [-0.1, -0.05) is 13.3 Å². The van der Waals surface area contributed by atoms with Gasteiger partial charge in [-0.2, -0.15) is 0 Å². The lowest BCUT2D eigenvalue weighted by Gasteiger charge is -2.22. The average molecular weight is 250 g/mol. The van der Waals surface area contributed by atoms with Crippen molar-refractivity contribution in [3.63, 3.8) is 0 Å². The minimum atomic E-state index is -0.178. The van der Waals surface area contributed by atoms with Crippen LogP contribution in [0.1, 0.15) is 32.6 Å². The molecule has 0 aromatic heterocycles. The normalized spacial score (nSPS) is 15.1. The molecule has 0 bridgehead atoms. The highest BCUT2D eigenvalue weighted by Crippen LogP contribution is 2.26. The number of benzene rings is 1. The predicted octanol–water partition coefficient (Wildman–Crippen LogP) is 3.50. The fourth-order valence-corrected chi connectivity index (χ4v) is 2.19. The van der Waals surface area contributed by atoms with Crippen molar-refractivity contribution < 1.29 is 4.39 Å². The largest absolute Gasteiger partial charge is 0.384 e. The second-order valence-corrected chi connectivity index (χ2v) is 5.05. The molecule has 1 fully saturated rings. The van der Waals surface area contributed by atoms with Crippen LogP contribution >= 0.6 is 0 Å². The summed E-state index contributed by atoms with van der Waals surface area (Å²) in [7, 11) is 0. The molecule has 2 rings (SSSR count). The molecule has 1 aromatic carbocycles. The first-order valence-electron chi connectivity index (χ1n) is 7.03. The van der Waals surface area contributed by atoms with E-state index < -0.39 is 0 Å². The molecular weight excluding hydrogens is 227 g/mol. The zero-order chi connectivity index (χ0) is 12.8. The minimum absolute atomic E-state index is 0.178. The lowest BCUT2D eigenvalue weighted by Crippen LogP contribution is -2.32. The zero-order valence-electron chi connectivity index (χ0n) is 11.2. The summed E-state index contributed by atoms with van der Waals surface area (Å²) in [6, 6.07) is 7.41. The van der Waals surface area contributed by atoms with Gasteiger partial charge in [0.25, 0.3) is 0 Å². The van der Waals surface area contributed by atoms with E-state index >= 15 is 0 Å². The lowest BCUT2D eigenvalue weighted by molar-refractivity contribution is 0.269. The summed E-state index contributed by atoms with van der Waals surface area (Å²) in [5, 5.41) is 3.35. The molecule has 0 unspecified atom stereocenters. The van der Waals surface area contributed by atoms with Crippen LogP contribution in [0.5, 0.6) is 0 Å². The van der Waals surface area contributed by atoms with Gasteiger partial charge in [0.2, 0.25) is 0 Å². The Bertz CT molecular complexity index is 346. The first kappa shape index (κ1) is 13.3. The quantitative estimate of drug-likeness (QED) is 0.759. The second kappa shape index (κ2) is 6.74. The number of unbranched alkanes of at least 4 members (excludes halogenated alkanes) is 1. The SMILES string of the molecule is CCCCN(CCNc1ccc(F)cc1)C1CC1. The standard InChI is InChI=1S/C15H23FN2/c1-2-3-11-18(15-8-9-15)12-10-17-14-6-4-13(16)5-7-14/h4-7,15,17H,2-3,8-12H2,1H3. The van der Waals surface area contributed by atoms with E-state index in [2.05, 4.69) is 17.1 Å². The Labute approximate surface area is 109 Å². The molecule has 1 aromatic rings. The van der Waals surface area contributed by atoms with Gasteiger partial charge in [-0.25, -0.2) is 4.39 Å². The van der Waals surface area contributed by atoms with Crippen LogP contribution < -0.4 is 5.32 Å². The van der Waals surface area contributed by atoms with Gasteiger partial charge in [0.05, 0.1) is 0 Å². The summed E-state index contributed by atoms with van der Waals surface area (Å²) >= 11 is 0. The summed E-state index contributed by atoms with van der Waals surface area (Å²) in [6.07, 6.45) is 5.27. The number of nitrogens with zero attached hydrogens (tertiary/aromatic N) is 1. The fourth-order valence-electron chi connectivity index (χ4n) is 2.19. The maximum Gasteiger partial charge on any atom is 0.123 e. The molecule has 100 valence electrons. The highest BCUT2D eigenvalue weighted by atomic mass is 19.1. The lowest BCUT2D eigenvalue weighted by atomic mass is 10.3. The Morgan fingerprint density at radius 1 is 1.22 bits per heavy atom. The van der Waals surface area contributed by atoms with E-state index in [1.807, 2.05) is 0 Å². The van der Waals surface area contributed by atoms with E-state index in [4.69, 9.17) is 0 Å². The number of rotatable bonds is 8. The molecule has 1 saturated carbocycles. The number of halogens is 1. The number of anilines is 1. The predicted molar refractivity (Wildman–Crippen MR) is 74.4 cm³/mol. The molecule has 0 amide bonds. The topological polar surface area (TPSA) is 15.3 Å². The number of hydrogen-bond acceptors (Lipinski definition) is 2. The summed E-state index contributed by atoms with van der Waals surface area (Å²) in [6.45, 7) is 5.47. The molecule has 0 saturated heterocycles. The van der Waals surface area contributed by atoms with Crippen LogP contribution in [0.4, 0.5) is 10.1 Å². The van der Waals surface area contributed by atoms with Crippen molar-refractivity contribution >= 4 is 5.69 Å². The van der Waals surface area contributed by atoms with Crippen LogP contribution in [-0.2, 0) is 0 Å². The molecule has 0 aliphatic heterocycles. The maximum absolute atomic E-state index is 12.8. The van der Waals surface area contributed by atoms with E-state index in [0.717, 1.165) is 24.8 Å². The molecule has 1 aliphatic carbocycles.